The van der Waals surface area contributed by atoms with E-state index in [0.717, 1.165) is 11.3 Å². The third-order valence-electron chi connectivity index (χ3n) is 1.97. The Bertz CT molecular complexity index is 577. The van der Waals surface area contributed by atoms with E-state index in [-0.39, 0.29) is 10.8 Å². The van der Waals surface area contributed by atoms with Crippen LogP contribution in [-0.4, -0.2) is 19.9 Å². The van der Waals surface area contributed by atoms with Crippen molar-refractivity contribution >= 4 is 33.0 Å². The summed E-state index contributed by atoms with van der Waals surface area (Å²) in [4.78, 5) is 3.89. The molecule has 0 radical (unpaired) electrons. The second kappa shape index (κ2) is 5.18. The van der Waals surface area contributed by atoms with Gasteiger partial charge in [0.25, 0.3) is 0 Å². The molecule has 8 heteroatoms. The largest absolute Gasteiger partial charge is 0.451 e. The summed E-state index contributed by atoms with van der Waals surface area (Å²) < 4.78 is 31.4. The predicted molar refractivity (Wildman–Crippen MR) is 64.7 cm³/mol. The summed E-state index contributed by atoms with van der Waals surface area (Å²) in [5.41, 5.74) is 0.705. The monoisotopic (exact) mass is 292 g/mol. The van der Waals surface area contributed by atoms with Gasteiger partial charge in [-0.1, -0.05) is 11.6 Å². The maximum absolute atomic E-state index is 11.8. The maximum Gasteiger partial charge on any atom is 0.250 e. The van der Waals surface area contributed by atoms with Gasteiger partial charge in [-0.25, -0.2) is 18.1 Å². The van der Waals surface area contributed by atoms with Gasteiger partial charge in [-0.3, -0.25) is 0 Å². The second-order valence-electron chi connectivity index (χ2n) is 3.19. The van der Waals surface area contributed by atoms with Crippen LogP contribution in [0.15, 0.2) is 33.4 Å². The summed E-state index contributed by atoms with van der Waals surface area (Å²) in [6, 6.07) is 3.03. The van der Waals surface area contributed by atoms with Crippen LogP contribution in [0.1, 0.15) is 5.69 Å². The van der Waals surface area contributed by atoms with Crippen molar-refractivity contribution in [3.63, 3.8) is 0 Å². The number of hydrogen-bond acceptors (Lipinski definition) is 5. The second-order valence-corrected chi connectivity index (χ2v) is 6.89. The molecule has 2 rings (SSSR count). The molecule has 17 heavy (non-hydrogen) atoms. The van der Waals surface area contributed by atoms with E-state index in [1.54, 1.807) is 6.07 Å². The molecule has 0 spiro atoms. The minimum atomic E-state index is -3.47. The fourth-order valence-corrected chi connectivity index (χ4v) is 3.75. The van der Waals surface area contributed by atoms with Gasteiger partial charge in [0.15, 0.2) is 6.39 Å². The van der Waals surface area contributed by atoms with Gasteiger partial charge in [-0.15, -0.1) is 11.3 Å². The van der Waals surface area contributed by atoms with Gasteiger partial charge >= 0.3 is 0 Å². The van der Waals surface area contributed by atoms with Crippen molar-refractivity contribution < 1.29 is 12.8 Å². The lowest BCUT2D eigenvalue weighted by molar-refractivity contribution is 0.555. The van der Waals surface area contributed by atoms with E-state index in [2.05, 4.69) is 9.71 Å². The normalized spacial score (nSPS) is 11.8. The van der Waals surface area contributed by atoms with E-state index in [1.807, 2.05) is 0 Å². The lowest BCUT2D eigenvalue weighted by Crippen LogP contribution is -2.25. The summed E-state index contributed by atoms with van der Waals surface area (Å²) >= 11 is 6.71. The first-order chi connectivity index (χ1) is 8.08. The number of aromatic nitrogens is 1. The van der Waals surface area contributed by atoms with E-state index >= 15 is 0 Å². The molecule has 0 atom stereocenters. The first-order valence-corrected chi connectivity index (χ1v) is 7.38. The third-order valence-corrected chi connectivity index (χ3v) is 5.15. The quantitative estimate of drug-likeness (QED) is 0.914. The molecule has 92 valence electrons. The van der Waals surface area contributed by atoms with Crippen molar-refractivity contribution in [3.8, 4) is 0 Å². The number of hydrogen-bond donors (Lipinski definition) is 1. The van der Waals surface area contributed by atoms with E-state index in [4.69, 9.17) is 16.0 Å². The Kier molecular flexibility index (Phi) is 3.82. The van der Waals surface area contributed by atoms with Crippen molar-refractivity contribution in [2.75, 3.05) is 6.54 Å². The summed E-state index contributed by atoms with van der Waals surface area (Å²) in [6.45, 7) is 0.268. The zero-order chi connectivity index (χ0) is 12.3. The Hall–Kier alpha value is -0.890. The number of nitrogens with one attached hydrogen (secondary N) is 1. The van der Waals surface area contributed by atoms with Crippen LogP contribution < -0.4 is 4.72 Å². The predicted octanol–water partition coefficient (Wildman–Crippen LogP) is 1.91. The molecule has 0 aliphatic rings. The fourth-order valence-electron chi connectivity index (χ4n) is 1.19. The molecule has 0 saturated carbocycles. The number of sulfonamides is 1. The number of oxazole rings is 1. The Morgan fingerprint density at radius 1 is 1.47 bits per heavy atom. The maximum atomic E-state index is 11.8. The minimum Gasteiger partial charge on any atom is -0.451 e. The molecule has 0 bridgehead atoms. The van der Waals surface area contributed by atoms with E-state index in [0.29, 0.717) is 16.5 Å². The van der Waals surface area contributed by atoms with Gasteiger partial charge < -0.3 is 4.42 Å². The van der Waals surface area contributed by atoms with Crippen LogP contribution in [0.5, 0.6) is 0 Å². The number of nitrogens with zero attached hydrogens (tertiary/aromatic N) is 1. The Morgan fingerprint density at radius 2 is 2.29 bits per heavy atom. The fraction of sp³-hybridized carbons (Fsp3) is 0.222. The van der Waals surface area contributed by atoms with Crippen molar-refractivity contribution in [1.29, 1.82) is 0 Å². The summed E-state index contributed by atoms with van der Waals surface area (Å²) in [5.74, 6) is 0. The molecule has 0 aliphatic carbocycles. The lowest BCUT2D eigenvalue weighted by atomic mass is 10.3. The number of rotatable bonds is 5. The highest BCUT2D eigenvalue weighted by Gasteiger charge is 2.15. The first-order valence-electron chi connectivity index (χ1n) is 4.70. The van der Waals surface area contributed by atoms with Crippen molar-refractivity contribution in [2.24, 2.45) is 0 Å². The highest BCUT2D eigenvalue weighted by molar-refractivity contribution is 7.91. The average Bonchev–Trinajstić information content (AvgIpc) is 2.89. The molecule has 0 amide bonds. The topological polar surface area (TPSA) is 72.2 Å². The molecule has 1 N–H and O–H groups in total. The van der Waals surface area contributed by atoms with Gasteiger partial charge in [0.1, 0.15) is 10.5 Å². The molecule has 0 unspecified atom stereocenters. The van der Waals surface area contributed by atoms with E-state index in [1.165, 1.54) is 18.7 Å². The van der Waals surface area contributed by atoms with E-state index < -0.39 is 10.0 Å². The highest BCUT2D eigenvalue weighted by atomic mass is 35.5. The van der Waals surface area contributed by atoms with Crippen LogP contribution in [0.2, 0.25) is 4.34 Å². The minimum absolute atomic E-state index is 0.211. The van der Waals surface area contributed by atoms with Gasteiger partial charge in [0.2, 0.25) is 10.0 Å². The highest BCUT2D eigenvalue weighted by Crippen LogP contribution is 2.25. The summed E-state index contributed by atoms with van der Waals surface area (Å²) in [5, 5.41) is 0. The van der Waals surface area contributed by atoms with Gasteiger partial charge in [-0.2, -0.15) is 0 Å². The molecule has 0 saturated heterocycles. The molecule has 2 aromatic heterocycles. The smallest absolute Gasteiger partial charge is 0.250 e. The third kappa shape index (κ3) is 3.29. The van der Waals surface area contributed by atoms with Crippen LogP contribution >= 0.6 is 22.9 Å². The van der Waals surface area contributed by atoms with E-state index in [9.17, 15) is 8.42 Å². The lowest BCUT2D eigenvalue weighted by Gasteiger charge is -2.02. The molecule has 0 fully saturated rings. The Labute approximate surface area is 107 Å². The standard InChI is InChI=1S/C9H9ClN2O3S2/c10-8-1-2-9(16-8)17(13,14)12-4-3-7-5-15-6-11-7/h1-2,5-6,12H,3-4H2. The molecule has 0 aromatic carbocycles. The van der Waals surface area contributed by atoms with Gasteiger partial charge in [0, 0.05) is 13.0 Å². The van der Waals surface area contributed by atoms with Crippen molar-refractivity contribution in [2.45, 2.75) is 10.6 Å². The van der Waals surface area contributed by atoms with Crippen LogP contribution in [-0.2, 0) is 16.4 Å². The molecule has 5 nitrogen and oxygen atoms in total. The van der Waals surface area contributed by atoms with Gasteiger partial charge in [-0.05, 0) is 12.1 Å². The Morgan fingerprint density at radius 3 is 2.88 bits per heavy atom. The molecular weight excluding hydrogens is 284 g/mol. The van der Waals surface area contributed by atoms with Gasteiger partial charge in [0.05, 0.1) is 10.0 Å². The molecule has 2 heterocycles. The molecular formula is C9H9ClN2O3S2. The SMILES string of the molecule is O=S(=O)(NCCc1cocn1)c1ccc(Cl)s1. The van der Waals surface area contributed by atoms with Crippen LogP contribution in [0.25, 0.3) is 0 Å². The van der Waals surface area contributed by atoms with Crippen molar-refractivity contribution in [3.05, 3.63) is 34.8 Å². The number of thiophene rings is 1. The molecule has 0 aliphatic heterocycles. The van der Waals surface area contributed by atoms with Crippen LogP contribution in [0, 0.1) is 0 Å². The summed E-state index contributed by atoms with van der Waals surface area (Å²) in [6.07, 6.45) is 3.27. The van der Waals surface area contributed by atoms with Crippen LogP contribution in [0.3, 0.4) is 0 Å². The zero-order valence-corrected chi connectivity index (χ0v) is 11.0. The first kappa shape index (κ1) is 12.6. The zero-order valence-electron chi connectivity index (χ0n) is 8.59. The average molecular weight is 293 g/mol. The number of halogens is 1. The van der Waals surface area contributed by atoms with Crippen LogP contribution in [0.4, 0.5) is 0 Å². The summed E-state index contributed by atoms with van der Waals surface area (Å²) in [7, 11) is -3.47. The molecule has 2 aromatic rings. The van der Waals surface area contributed by atoms with Crippen molar-refractivity contribution in [1.82, 2.24) is 9.71 Å². The Balaban J connectivity index is 1.94.